The van der Waals surface area contributed by atoms with Crippen LogP contribution in [0.25, 0.3) is 6.08 Å². The first-order valence-corrected chi connectivity index (χ1v) is 9.50. The van der Waals surface area contributed by atoms with E-state index in [0.29, 0.717) is 28.3 Å². The monoisotopic (exact) mass is 391 g/mol. The van der Waals surface area contributed by atoms with Crippen LogP contribution in [-0.4, -0.2) is 37.4 Å². The van der Waals surface area contributed by atoms with Crippen molar-refractivity contribution in [3.8, 4) is 17.2 Å². The lowest BCUT2D eigenvalue weighted by molar-refractivity contribution is -0.111. The second-order valence-corrected chi connectivity index (χ2v) is 6.75. The SMILES string of the molecule is CCC(CC)c1nnc(NC(=O)/C=C/c2cc(OC)c(OC)c(OC)c2)s1. The Morgan fingerprint density at radius 3 is 2.26 bits per heavy atom. The quantitative estimate of drug-likeness (QED) is 0.648. The van der Waals surface area contributed by atoms with Gasteiger partial charge >= 0.3 is 0 Å². The molecule has 2 aromatic rings. The minimum absolute atomic E-state index is 0.281. The van der Waals surface area contributed by atoms with E-state index in [4.69, 9.17) is 14.2 Å². The summed E-state index contributed by atoms with van der Waals surface area (Å²) in [5, 5.41) is 12.4. The van der Waals surface area contributed by atoms with Crippen LogP contribution in [-0.2, 0) is 4.79 Å². The number of nitrogens with zero attached hydrogens (tertiary/aromatic N) is 2. The molecule has 0 radical (unpaired) electrons. The minimum atomic E-state index is -0.281. The number of hydrogen-bond donors (Lipinski definition) is 1. The fourth-order valence-electron chi connectivity index (χ4n) is 2.60. The Balaban J connectivity index is 2.10. The Hall–Kier alpha value is -2.61. The van der Waals surface area contributed by atoms with E-state index in [2.05, 4.69) is 29.4 Å². The predicted molar refractivity (Wildman–Crippen MR) is 107 cm³/mol. The number of benzene rings is 1. The molecule has 0 bridgehead atoms. The Morgan fingerprint density at radius 1 is 1.11 bits per heavy atom. The van der Waals surface area contributed by atoms with E-state index in [0.717, 1.165) is 23.4 Å². The second kappa shape index (κ2) is 9.91. The first-order chi connectivity index (χ1) is 13.1. The first-order valence-electron chi connectivity index (χ1n) is 8.68. The number of anilines is 1. The van der Waals surface area contributed by atoms with Gasteiger partial charge in [-0.3, -0.25) is 10.1 Å². The van der Waals surface area contributed by atoms with Crippen LogP contribution in [0.3, 0.4) is 0 Å². The molecule has 1 amide bonds. The largest absolute Gasteiger partial charge is 0.493 e. The van der Waals surface area contributed by atoms with Crippen molar-refractivity contribution in [3.05, 3.63) is 28.8 Å². The molecule has 0 saturated heterocycles. The van der Waals surface area contributed by atoms with Crippen molar-refractivity contribution < 1.29 is 19.0 Å². The van der Waals surface area contributed by atoms with E-state index < -0.39 is 0 Å². The van der Waals surface area contributed by atoms with Gasteiger partial charge in [0, 0.05) is 12.0 Å². The third-order valence-electron chi connectivity index (χ3n) is 4.12. The number of methoxy groups -OCH3 is 3. The number of rotatable bonds is 9. The van der Waals surface area contributed by atoms with Gasteiger partial charge in [0.05, 0.1) is 21.3 Å². The zero-order valence-corrected chi connectivity index (χ0v) is 17.1. The van der Waals surface area contributed by atoms with Gasteiger partial charge in [-0.25, -0.2) is 0 Å². The standard InChI is InChI=1S/C19H25N3O4S/c1-6-13(7-2)18-21-22-19(27-18)20-16(23)9-8-12-10-14(24-3)17(26-5)15(11-12)25-4/h8-11,13H,6-7H2,1-5H3,(H,20,22,23)/b9-8+. The lowest BCUT2D eigenvalue weighted by atomic mass is 10.1. The van der Waals surface area contributed by atoms with Gasteiger partial charge in [-0.1, -0.05) is 25.2 Å². The highest BCUT2D eigenvalue weighted by molar-refractivity contribution is 7.15. The van der Waals surface area contributed by atoms with Crippen LogP contribution >= 0.6 is 11.3 Å². The Kier molecular flexibility index (Phi) is 7.60. The molecule has 7 nitrogen and oxygen atoms in total. The molecule has 0 aliphatic carbocycles. The Morgan fingerprint density at radius 2 is 1.74 bits per heavy atom. The van der Waals surface area contributed by atoms with Crippen molar-refractivity contribution >= 4 is 28.5 Å². The van der Waals surface area contributed by atoms with Gasteiger partial charge in [0.2, 0.25) is 16.8 Å². The highest BCUT2D eigenvalue weighted by Crippen LogP contribution is 2.38. The summed E-state index contributed by atoms with van der Waals surface area (Å²) in [6.45, 7) is 4.24. The van der Waals surface area contributed by atoms with Crippen LogP contribution in [0, 0.1) is 0 Å². The van der Waals surface area contributed by atoms with E-state index >= 15 is 0 Å². The molecule has 0 saturated carbocycles. The maximum Gasteiger partial charge on any atom is 0.250 e. The molecule has 0 fully saturated rings. The van der Waals surface area contributed by atoms with E-state index in [9.17, 15) is 4.79 Å². The lowest BCUT2D eigenvalue weighted by Crippen LogP contribution is -2.07. The fraction of sp³-hybridized carbons (Fsp3) is 0.421. The summed E-state index contributed by atoms with van der Waals surface area (Å²) >= 11 is 1.41. The molecule has 0 aliphatic rings. The third kappa shape index (κ3) is 5.19. The molecular formula is C19H25N3O4S. The Labute approximate surface area is 163 Å². The zero-order valence-electron chi connectivity index (χ0n) is 16.2. The highest BCUT2D eigenvalue weighted by atomic mass is 32.1. The zero-order chi connectivity index (χ0) is 19.8. The predicted octanol–water partition coefficient (Wildman–Crippen LogP) is 4.12. The topological polar surface area (TPSA) is 82.6 Å². The van der Waals surface area contributed by atoms with Crippen molar-refractivity contribution in [1.82, 2.24) is 10.2 Å². The number of aromatic nitrogens is 2. The third-order valence-corrected chi connectivity index (χ3v) is 5.12. The molecule has 146 valence electrons. The Bertz CT molecular complexity index is 775. The normalized spacial score (nSPS) is 11.0. The van der Waals surface area contributed by atoms with E-state index in [1.54, 1.807) is 39.5 Å². The van der Waals surface area contributed by atoms with Gasteiger partial charge in [0.25, 0.3) is 0 Å². The molecule has 1 heterocycles. The fourth-order valence-corrected chi connectivity index (χ4v) is 3.62. The summed E-state index contributed by atoms with van der Waals surface area (Å²) in [7, 11) is 4.64. The maximum atomic E-state index is 12.2. The van der Waals surface area contributed by atoms with Crippen LogP contribution < -0.4 is 19.5 Å². The van der Waals surface area contributed by atoms with E-state index in [1.807, 2.05) is 0 Å². The molecule has 27 heavy (non-hydrogen) atoms. The van der Waals surface area contributed by atoms with Gasteiger partial charge in [-0.15, -0.1) is 10.2 Å². The molecule has 0 aliphatic heterocycles. The molecule has 1 aromatic heterocycles. The van der Waals surface area contributed by atoms with Crippen LogP contribution in [0.2, 0.25) is 0 Å². The molecule has 8 heteroatoms. The summed E-state index contributed by atoms with van der Waals surface area (Å²) in [5.41, 5.74) is 0.745. The van der Waals surface area contributed by atoms with E-state index in [-0.39, 0.29) is 5.91 Å². The molecule has 1 N–H and O–H groups in total. The number of nitrogens with one attached hydrogen (secondary N) is 1. The number of hydrogen-bond acceptors (Lipinski definition) is 7. The molecule has 2 rings (SSSR count). The highest BCUT2D eigenvalue weighted by Gasteiger charge is 2.14. The summed E-state index contributed by atoms with van der Waals surface area (Å²) in [6.07, 6.45) is 5.10. The van der Waals surface area contributed by atoms with Crippen LogP contribution in [0.1, 0.15) is 43.2 Å². The number of carbonyl (C=O) groups excluding carboxylic acids is 1. The molecule has 1 aromatic carbocycles. The maximum absolute atomic E-state index is 12.2. The molecule has 0 atom stereocenters. The summed E-state index contributed by atoms with van der Waals surface area (Å²) in [5.74, 6) is 1.65. The minimum Gasteiger partial charge on any atom is -0.493 e. The van der Waals surface area contributed by atoms with Gasteiger partial charge in [0.15, 0.2) is 11.5 Å². The van der Waals surface area contributed by atoms with Gasteiger partial charge in [0.1, 0.15) is 5.01 Å². The summed E-state index contributed by atoms with van der Waals surface area (Å²) < 4.78 is 15.9. The molecule has 0 unspecified atom stereocenters. The smallest absolute Gasteiger partial charge is 0.250 e. The van der Waals surface area contributed by atoms with Crippen molar-refractivity contribution in [2.45, 2.75) is 32.6 Å². The van der Waals surface area contributed by atoms with Crippen molar-refractivity contribution in [3.63, 3.8) is 0 Å². The lowest BCUT2D eigenvalue weighted by Gasteiger charge is -2.12. The number of amides is 1. The van der Waals surface area contributed by atoms with Crippen molar-refractivity contribution in [2.75, 3.05) is 26.6 Å². The van der Waals surface area contributed by atoms with E-state index in [1.165, 1.54) is 17.4 Å². The molecule has 0 spiro atoms. The van der Waals surface area contributed by atoms with Gasteiger partial charge < -0.3 is 14.2 Å². The van der Waals surface area contributed by atoms with Crippen LogP contribution in [0.5, 0.6) is 17.2 Å². The first kappa shape index (κ1) is 20.7. The van der Waals surface area contributed by atoms with Gasteiger partial charge in [-0.2, -0.15) is 0 Å². The van der Waals surface area contributed by atoms with Gasteiger partial charge in [-0.05, 0) is 36.6 Å². The van der Waals surface area contributed by atoms with Crippen molar-refractivity contribution in [1.29, 1.82) is 0 Å². The van der Waals surface area contributed by atoms with Crippen LogP contribution in [0.4, 0.5) is 5.13 Å². The average Bonchev–Trinajstić information content (AvgIpc) is 3.14. The summed E-state index contributed by atoms with van der Waals surface area (Å²) in [6, 6.07) is 3.53. The average molecular weight is 391 g/mol. The summed E-state index contributed by atoms with van der Waals surface area (Å²) in [4.78, 5) is 12.2. The van der Waals surface area contributed by atoms with Crippen LogP contribution in [0.15, 0.2) is 18.2 Å². The number of carbonyl (C=O) groups is 1. The van der Waals surface area contributed by atoms with Crippen molar-refractivity contribution in [2.24, 2.45) is 0 Å². The molecular weight excluding hydrogens is 366 g/mol. The second-order valence-electron chi connectivity index (χ2n) is 5.74. The number of ether oxygens (including phenoxy) is 3.